The lowest BCUT2D eigenvalue weighted by molar-refractivity contribution is -0.188. The van der Waals surface area contributed by atoms with Gasteiger partial charge in [0.05, 0.1) is 6.17 Å². The first kappa shape index (κ1) is 11.6. The molecule has 0 aliphatic rings. The molecule has 2 unspecified atom stereocenters. The zero-order chi connectivity index (χ0) is 9.78. The zero-order valence-corrected chi connectivity index (χ0v) is 6.56. The molecule has 5 N–H and O–H groups in total. The van der Waals surface area contributed by atoms with E-state index in [0.717, 1.165) is 0 Å². The van der Waals surface area contributed by atoms with Crippen LogP contribution in [0, 0.1) is 0 Å². The third-order valence-electron chi connectivity index (χ3n) is 0.854. The summed E-state index contributed by atoms with van der Waals surface area (Å²) < 4.78 is 38.7. The summed E-state index contributed by atoms with van der Waals surface area (Å²) in [7, 11) is 0. The molecule has 0 fully saturated rings. The van der Waals surface area contributed by atoms with Crippen molar-refractivity contribution < 1.29 is 17.9 Å². The number of halogens is 3. The van der Waals surface area contributed by atoms with Crippen molar-refractivity contribution in [1.82, 2.24) is 5.32 Å². The van der Waals surface area contributed by atoms with E-state index < -0.39 is 25.3 Å². The van der Waals surface area contributed by atoms with E-state index in [4.69, 9.17) is 11.5 Å². The molecule has 0 aromatic heterocycles. The van der Waals surface area contributed by atoms with Crippen LogP contribution in [0.2, 0.25) is 0 Å². The molecule has 7 heteroatoms. The van der Waals surface area contributed by atoms with Crippen LogP contribution in [0.3, 0.4) is 0 Å². The molecule has 0 spiro atoms. The third kappa shape index (κ3) is 7.73. The van der Waals surface area contributed by atoms with E-state index in [2.05, 4.69) is 10.1 Å². The Morgan fingerprint density at radius 3 is 2.25 bits per heavy atom. The Morgan fingerprint density at radius 2 is 1.92 bits per heavy atom. The minimum atomic E-state index is -4.36. The summed E-state index contributed by atoms with van der Waals surface area (Å²) in [5.74, 6) is 0. The van der Waals surface area contributed by atoms with E-state index in [1.54, 1.807) is 0 Å². The molecule has 0 amide bonds. The Kier molecular flexibility index (Phi) is 4.46. The van der Waals surface area contributed by atoms with Crippen LogP contribution in [-0.2, 0) is 4.74 Å². The van der Waals surface area contributed by atoms with Crippen molar-refractivity contribution in [2.24, 2.45) is 11.5 Å². The molecule has 0 aliphatic heterocycles. The molecule has 0 aromatic rings. The highest BCUT2D eigenvalue weighted by Gasteiger charge is 2.28. The summed E-state index contributed by atoms with van der Waals surface area (Å²) in [5.41, 5.74) is 10.2. The van der Waals surface area contributed by atoms with Crippen molar-refractivity contribution in [1.29, 1.82) is 0 Å². The standard InChI is InChI=1S/C5H12F3N3O/c1-3(9)11-4(10)12-2-5(6,7)8/h3-4,11H,2,9-10H2,1H3. The Balaban J connectivity index is 3.51. The van der Waals surface area contributed by atoms with Crippen molar-refractivity contribution in [2.45, 2.75) is 25.6 Å². The van der Waals surface area contributed by atoms with Crippen LogP contribution in [-0.4, -0.2) is 25.3 Å². The highest BCUT2D eigenvalue weighted by Crippen LogP contribution is 2.14. The van der Waals surface area contributed by atoms with E-state index in [9.17, 15) is 13.2 Å². The van der Waals surface area contributed by atoms with Crippen LogP contribution in [0.1, 0.15) is 6.92 Å². The summed E-state index contributed by atoms with van der Waals surface area (Å²) >= 11 is 0. The topological polar surface area (TPSA) is 73.3 Å². The second-order valence-electron chi connectivity index (χ2n) is 2.30. The fraction of sp³-hybridized carbons (Fsp3) is 1.00. The van der Waals surface area contributed by atoms with Crippen LogP contribution in [0.5, 0.6) is 0 Å². The SMILES string of the molecule is CC(N)NC(N)OCC(F)(F)F. The van der Waals surface area contributed by atoms with Crippen LogP contribution in [0.4, 0.5) is 13.2 Å². The summed E-state index contributed by atoms with van der Waals surface area (Å²) in [4.78, 5) is 0. The van der Waals surface area contributed by atoms with Gasteiger partial charge in [0.2, 0.25) is 0 Å². The van der Waals surface area contributed by atoms with Gasteiger partial charge in [-0.3, -0.25) is 11.1 Å². The van der Waals surface area contributed by atoms with Gasteiger partial charge in [-0.15, -0.1) is 0 Å². The van der Waals surface area contributed by atoms with Crippen LogP contribution in [0.15, 0.2) is 0 Å². The average Bonchev–Trinajstić information content (AvgIpc) is 1.80. The van der Waals surface area contributed by atoms with E-state index >= 15 is 0 Å². The van der Waals surface area contributed by atoms with E-state index in [1.165, 1.54) is 6.92 Å². The Hall–Kier alpha value is -0.370. The Labute approximate surface area is 68.0 Å². The molecule has 0 aromatic carbocycles. The lowest BCUT2D eigenvalue weighted by Gasteiger charge is -2.17. The summed E-state index contributed by atoms with van der Waals surface area (Å²) in [6, 6.07) is 0. The molecule has 0 aliphatic carbocycles. The largest absolute Gasteiger partial charge is 0.411 e. The molecule has 0 saturated carbocycles. The monoisotopic (exact) mass is 187 g/mol. The number of nitrogens with two attached hydrogens (primary N) is 2. The van der Waals surface area contributed by atoms with E-state index in [1.807, 2.05) is 0 Å². The van der Waals surface area contributed by atoms with Crippen LogP contribution in [0.25, 0.3) is 0 Å². The first-order valence-electron chi connectivity index (χ1n) is 3.27. The molecule has 0 radical (unpaired) electrons. The molecule has 0 bridgehead atoms. The maximum absolute atomic E-state index is 11.5. The van der Waals surface area contributed by atoms with Gasteiger partial charge < -0.3 is 10.5 Å². The molecule has 0 rings (SSSR count). The van der Waals surface area contributed by atoms with E-state index in [0.29, 0.717) is 0 Å². The minimum Gasteiger partial charge on any atom is -0.341 e. The van der Waals surface area contributed by atoms with Gasteiger partial charge in [0.1, 0.15) is 6.61 Å². The molecule has 0 heterocycles. The minimum absolute atomic E-state index is 0.506. The quantitative estimate of drug-likeness (QED) is 0.528. The van der Waals surface area contributed by atoms with Gasteiger partial charge in [0.25, 0.3) is 0 Å². The van der Waals surface area contributed by atoms with E-state index in [-0.39, 0.29) is 0 Å². The second-order valence-corrected chi connectivity index (χ2v) is 2.30. The second kappa shape index (κ2) is 4.61. The summed E-state index contributed by atoms with van der Waals surface area (Å²) in [6.07, 6.45) is -6.06. The first-order chi connectivity index (χ1) is 5.31. The lowest BCUT2D eigenvalue weighted by Crippen LogP contribution is -2.49. The molecular formula is C5H12F3N3O. The Morgan fingerprint density at radius 1 is 1.42 bits per heavy atom. The molecule has 2 atom stereocenters. The van der Waals surface area contributed by atoms with Crippen LogP contribution >= 0.6 is 0 Å². The number of nitrogens with one attached hydrogen (secondary N) is 1. The highest BCUT2D eigenvalue weighted by atomic mass is 19.4. The maximum Gasteiger partial charge on any atom is 0.411 e. The fourth-order valence-electron chi connectivity index (χ4n) is 0.491. The number of rotatable bonds is 4. The average molecular weight is 187 g/mol. The Bertz CT molecular complexity index is 128. The predicted molar refractivity (Wildman–Crippen MR) is 36.8 cm³/mol. The highest BCUT2D eigenvalue weighted by molar-refractivity contribution is 4.53. The van der Waals surface area contributed by atoms with Gasteiger partial charge in [-0.1, -0.05) is 0 Å². The number of alkyl halides is 3. The van der Waals surface area contributed by atoms with Crippen molar-refractivity contribution in [3.8, 4) is 0 Å². The van der Waals surface area contributed by atoms with Crippen LogP contribution < -0.4 is 16.8 Å². The lowest BCUT2D eigenvalue weighted by atomic mass is 10.6. The van der Waals surface area contributed by atoms with Gasteiger partial charge in [-0.25, -0.2) is 0 Å². The van der Waals surface area contributed by atoms with Crippen molar-refractivity contribution in [2.75, 3.05) is 6.61 Å². The van der Waals surface area contributed by atoms with Crippen molar-refractivity contribution in [3.05, 3.63) is 0 Å². The molecular weight excluding hydrogens is 175 g/mol. The maximum atomic E-state index is 11.5. The van der Waals surface area contributed by atoms with Gasteiger partial charge in [0, 0.05) is 0 Å². The third-order valence-corrected chi connectivity index (χ3v) is 0.854. The number of hydrogen-bond donors (Lipinski definition) is 3. The first-order valence-corrected chi connectivity index (χ1v) is 3.27. The normalized spacial score (nSPS) is 17.5. The van der Waals surface area contributed by atoms with Crippen molar-refractivity contribution in [3.63, 3.8) is 0 Å². The predicted octanol–water partition coefficient (Wildman–Crippen LogP) is -0.298. The molecule has 4 nitrogen and oxygen atoms in total. The molecule has 0 saturated heterocycles. The summed E-state index contributed by atoms with van der Waals surface area (Å²) in [6.45, 7) is 0.157. The number of hydrogen-bond acceptors (Lipinski definition) is 4. The smallest absolute Gasteiger partial charge is 0.341 e. The molecule has 12 heavy (non-hydrogen) atoms. The van der Waals surface area contributed by atoms with Gasteiger partial charge in [-0.05, 0) is 6.92 Å². The van der Waals surface area contributed by atoms with Gasteiger partial charge in [-0.2, -0.15) is 13.2 Å². The van der Waals surface area contributed by atoms with Gasteiger partial charge in [0.15, 0.2) is 6.35 Å². The summed E-state index contributed by atoms with van der Waals surface area (Å²) in [5, 5.41) is 2.35. The van der Waals surface area contributed by atoms with Crippen molar-refractivity contribution >= 4 is 0 Å². The fourth-order valence-corrected chi connectivity index (χ4v) is 0.491. The van der Waals surface area contributed by atoms with Gasteiger partial charge >= 0.3 is 6.18 Å². The number of ether oxygens (including phenoxy) is 1. The molecule has 74 valence electrons. The zero-order valence-electron chi connectivity index (χ0n) is 6.56.